The Balaban J connectivity index is 2.28. The Hall–Kier alpha value is -1.87. The van der Waals surface area contributed by atoms with Crippen LogP contribution in [0.1, 0.15) is 22.7 Å². The van der Waals surface area contributed by atoms with Crippen LogP contribution < -0.4 is 11.1 Å². The van der Waals surface area contributed by atoms with Gasteiger partial charge in [-0.3, -0.25) is 0 Å². The number of nitrogens with one attached hydrogen (secondary N) is 1. The van der Waals surface area contributed by atoms with E-state index in [1.54, 1.807) is 6.07 Å². The molecule has 0 aromatic heterocycles. The first-order chi connectivity index (χ1) is 9.11. The zero-order valence-corrected chi connectivity index (χ0v) is 11.3. The van der Waals surface area contributed by atoms with Crippen LogP contribution in [-0.4, -0.2) is 6.54 Å². The van der Waals surface area contributed by atoms with Crippen LogP contribution in [0.2, 0.25) is 0 Å². The molecule has 0 aliphatic rings. The SMILES string of the molecule is Cc1cccc(C(CN)Nc2cccc(F)c2)c1C. The van der Waals surface area contributed by atoms with E-state index in [4.69, 9.17) is 5.73 Å². The maximum atomic E-state index is 13.2. The first-order valence-corrected chi connectivity index (χ1v) is 6.40. The minimum Gasteiger partial charge on any atom is -0.377 e. The third-order valence-corrected chi connectivity index (χ3v) is 3.42. The first kappa shape index (κ1) is 13.6. The molecule has 1 atom stereocenters. The van der Waals surface area contributed by atoms with Gasteiger partial charge in [0.15, 0.2) is 0 Å². The van der Waals surface area contributed by atoms with Crippen molar-refractivity contribution in [3.05, 3.63) is 65.0 Å². The van der Waals surface area contributed by atoms with E-state index in [0.29, 0.717) is 6.54 Å². The van der Waals surface area contributed by atoms with E-state index >= 15 is 0 Å². The standard InChI is InChI=1S/C16H19FN2/c1-11-5-3-8-15(12(11)2)16(10-18)19-14-7-4-6-13(17)9-14/h3-9,16,19H,10,18H2,1-2H3. The molecule has 0 fully saturated rings. The Bertz CT molecular complexity index is 566. The number of nitrogens with two attached hydrogens (primary N) is 1. The summed E-state index contributed by atoms with van der Waals surface area (Å²) in [6.45, 7) is 4.62. The molecular weight excluding hydrogens is 239 g/mol. The van der Waals surface area contributed by atoms with Crippen LogP contribution in [-0.2, 0) is 0 Å². The molecule has 2 rings (SSSR count). The third-order valence-electron chi connectivity index (χ3n) is 3.42. The van der Waals surface area contributed by atoms with Gasteiger partial charge < -0.3 is 11.1 Å². The van der Waals surface area contributed by atoms with Crippen molar-refractivity contribution in [2.24, 2.45) is 5.73 Å². The smallest absolute Gasteiger partial charge is 0.125 e. The fraction of sp³-hybridized carbons (Fsp3) is 0.250. The minimum absolute atomic E-state index is 0.0123. The van der Waals surface area contributed by atoms with Crippen molar-refractivity contribution in [3.63, 3.8) is 0 Å². The molecule has 0 amide bonds. The minimum atomic E-state index is -0.248. The summed E-state index contributed by atoms with van der Waals surface area (Å²) < 4.78 is 13.2. The first-order valence-electron chi connectivity index (χ1n) is 6.40. The Morgan fingerprint density at radius 3 is 2.58 bits per heavy atom. The Kier molecular flexibility index (Phi) is 4.17. The Morgan fingerprint density at radius 2 is 1.89 bits per heavy atom. The summed E-state index contributed by atoms with van der Waals surface area (Å²) in [6.07, 6.45) is 0. The van der Waals surface area contributed by atoms with E-state index in [9.17, 15) is 4.39 Å². The largest absolute Gasteiger partial charge is 0.377 e. The van der Waals surface area contributed by atoms with E-state index in [-0.39, 0.29) is 11.9 Å². The molecule has 3 N–H and O–H groups in total. The van der Waals surface area contributed by atoms with Crippen molar-refractivity contribution in [2.75, 3.05) is 11.9 Å². The van der Waals surface area contributed by atoms with Crippen molar-refractivity contribution in [1.29, 1.82) is 0 Å². The van der Waals surface area contributed by atoms with Crippen molar-refractivity contribution in [1.82, 2.24) is 0 Å². The molecule has 1 unspecified atom stereocenters. The summed E-state index contributed by atoms with van der Waals surface area (Å²) in [7, 11) is 0. The molecule has 0 saturated carbocycles. The molecule has 0 aliphatic carbocycles. The number of aryl methyl sites for hydroxylation is 1. The highest BCUT2D eigenvalue weighted by Crippen LogP contribution is 2.24. The topological polar surface area (TPSA) is 38.0 Å². The average Bonchev–Trinajstić information content (AvgIpc) is 2.40. The highest BCUT2D eigenvalue weighted by atomic mass is 19.1. The molecule has 0 bridgehead atoms. The second-order valence-corrected chi connectivity index (χ2v) is 4.73. The lowest BCUT2D eigenvalue weighted by Gasteiger charge is -2.21. The van der Waals surface area contributed by atoms with Gasteiger partial charge in [-0.2, -0.15) is 0 Å². The number of rotatable bonds is 4. The van der Waals surface area contributed by atoms with Crippen LogP contribution in [0.15, 0.2) is 42.5 Å². The highest BCUT2D eigenvalue weighted by molar-refractivity contribution is 5.47. The molecule has 3 heteroatoms. The summed E-state index contributed by atoms with van der Waals surface area (Å²) >= 11 is 0. The van der Waals surface area contributed by atoms with E-state index in [1.165, 1.54) is 23.3 Å². The predicted octanol–water partition coefficient (Wildman–Crippen LogP) is 3.55. The van der Waals surface area contributed by atoms with Gasteiger partial charge in [-0.25, -0.2) is 4.39 Å². The predicted molar refractivity (Wildman–Crippen MR) is 77.7 cm³/mol. The van der Waals surface area contributed by atoms with Crippen molar-refractivity contribution in [3.8, 4) is 0 Å². The maximum Gasteiger partial charge on any atom is 0.125 e. The zero-order valence-electron chi connectivity index (χ0n) is 11.3. The average molecular weight is 258 g/mol. The van der Waals surface area contributed by atoms with E-state index in [2.05, 4.69) is 31.3 Å². The van der Waals surface area contributed by atoms with E-state index in [0.717, 1.165) is 11.3 Å². The van der Waals surface area contributed by atoms with Crippen LogP contribution >= 0.6 is 0 Å². The summed E-state index contributed by atoms with van der Waals surface area (Å²) in [6, 6.07) is 12.6. The van der Waals surface area contributed by atoms with Gasteiger partial charge >= 0.3 is 0 Å². The van der Waals surface area contributed by atoms with Crippen LogP contribution in [0.3, 0.4) is 0 Å². The Labute approximate surface area is 113 Å². The number of hydrogen-bond donors (Lipinski definition) is 2. The van der Waals surface area contributed by atoms with Gasteiger partial charge in [-0.15, -0.1) is 0 Å². The lowest BCUT2D eigenvalue weighted by Crippen LogP contribution is -2.21. The normalized spacial score (nSPS) is 12.2. The van der Waals surface area contributed by atoms with Crippen LogP contribution in [0.5, 0.6) is 0 Å². The second-order valence-electron chi connectivity index (χ2n) is 4.73. The van der Waals surface area contributed by atoms with Gasteiger partial charge in [-0.05, 0) is 48.7 Å². The fourth-order valence-corrected chi connectivity index (χ4v) is 2.19. The van der Waals surface area contributed by atoms with Gasteiger partial charge in [0.05, 0.1) is 6.04 Å². The number of halogens is 1. The van der Waals surface area contributed by atoms with Gasteiger partial charge in [0.2, 0.25) is 0 Å². The monoisotopic (exact) mass is 258 g/mol. The van der Waals surface area contributed by atoms with Crippen molar-refractivity contribution >= 4 is 5.69 Å². The molecule has 100 valence electrons. The van der Waals surface area contributed by atoms with Crippen LogP contribution in [0, 0.1) is 19.7 Å². The molecule has 0 spiro atoms. The number of anilines is 1. The van der Waals surface area contributed by atoms with E-state index < -0.39 is 0 Å². The van der Waals surface area contributed by atoms with Gasteiger partial charge in [0, 0.05) is 12.2 Å². The second kappa shape index (κ2) is 5.85. The van der Waals surface area contributed by atoms with Gasteiger partial charge in [-0.1, -0.05) is 24.3 Å². The summed E-state index contributed by atoms with van der Waals surface area (Å²) in [5, 5.41) is 3.29. The highest BCUT2D eigenvalue weighted by Gasteiger charge is 2.13. The lowest BCUT2D eigenvalue weighted by molar-refractivity contribution is 0.627. The molecule has 2 nitrogen and oxygen atoms in total. The molecule has 0 saturated heterocycles. The quantitative estimate of drug-likeness (QED) is 0.880. The molecule has 0 aliphatic heterocycles. The van der Waals surface area contributed by atoms with Gasteiger partial charge in [0.1, 0.15) is 5.82 Å². The zero-order chi connectivity index (χ0) is 13.8. The molecule has 19 heavy (non-hydrogen) atoms. The Morgan fingerprint density at radius 1 is 1.16 bits per heavy atom. The summed E-state index contributed by atoms with van der Waals surface area (Å²) in [4.78, 5) is 0. The number of benzene rings is 2. The molecule has 2 aromatic carbocycles. The maximum absolute atomic E-state index is 13.2. The summed E-state index contributed by atoms with van der Waals surface area (Å²) in [5.74, 6) is -0.248. The summed E-state index contributed by atoms with van der Waals surface area (Å²) in [5.41, 5.74) is 10.2. The molecule has 0 radical (unpaired) electrons. The molecule has 0 heterocycles. The van der Waals surface area contributed by atoms with Gasteiger partial charge in [0.25, 0.3) is 0 Å². The fourth-order valence-electron chi connectivity index (χ4n) is 2.19. The molecular formula is C16H19FN2. The van der Waals surface area contributed by atoms with Crippen LogP contribution in [0.25, 0.3) is 0 Å². The van der Waals surface area contributed by atoms with Crippen molar-refractivity contribution in [2.45, 2.75) is 19.9 Å². The lowest BCUT2D eigenvalue weighted by atomic mass is 9.97. The third kappa shape index (κ3) is 3.12. The number of hydrogen-bond acceptors (Lipinski definition) is 2. The van der Waals surface area contributed by atoms with Crippen molar-refractivity contribution < 1.29 is 4.39 Å². The van der Waals surface area contributed by atoms with E-state index in [1.807, 2.05) is 12.1 Å². The molecule has 2 aromatic rings. The van der Waals surface area contributed by atoms with Crippen LogP contribution in [0.4, 0.5) is 10.1 Å².